The third kappa shape index (κ3) is 5.52. The van der Waals surface area contributed by atoms with E-state index in [1.165, 1.54) is 23.4 Å². The molecule has 0 atom stereocenters. The summed E-state index contributed by atoms with van der Waals surface area (Å²) in [5, 5.41) is 12.3. The van der Waals surface area contributed by atoms with E-state index in [0.29, 0.717) is 42.9 Å². The Morgan fingerprint density at radius 1 is 1.03 bits per heavy atom. The first-order chi connectivity index (χ1) is 16.2. The molecule has 0 bridgehead atoms. The van der Waals surface area contributed by atoms with Gasteiger partial charge in [-0.1, -0.05) is 43.8 Å². The number of aromatic nitrogens is 4. The normalized spacial score (nSPS) is 14.6. The minimum atomic E-state index is -4.38. The quantitative estimate of drug-likeness (QED) is 0.482. The molecule has 4 rings (SSSR count). The molecule has 1 aliphatic rings. The van der Waals surface area contributed by atoms with E-state index in [-0.39, 0.29) is 11.7 Å². The van der Waals surface area contributed by atoms with Gasteiger partial charge in [-0.05, 0) is 52.2 Å². The molecule has 1 fully saturated rings. The van der Waals surface area contributed by atoms with Gasteiger partial charge in [0.2, 0.25) is 11.1 Å². The minimum Gasteiger partial charge on any atom is -0.368 e. The molecule has 11 heteroatoms. The first-order valence-corrected chi connectivity index (χ1v) is 11.9. The maximum absolute atomic E-state index is 13.0. The van der Waals surface area contributed by atoms with Crippen molar-refractivity contribution in [1.29, 1.82) is 0 Å². The molecule has 0 aliphatic carbocycles. The van der Waals surface area contributed by atoms with Crippen molar-refractivity contribution >= 4 is 23.4 Å². The molecule has 180 valence electrons. The Kier molecular flexibility index (Phi) is 7.11. The number of carbonyl (C=O) groups is 1. The van der Waals surface area contributed by atoms with Crippen molar-refractivity contribution in [2.45, 2.75) is 31.1 Å². The van der Waals surface area contributed by atoms with E-state index in [9.17, 15) is 18.0 Å². The van der Waals surface area contributed by atoms with Crippen LogP contribution in [0.25, 0.3) is 5.69 Å². The monoisotopic (exact) mass is 490 g/mol. The Hall–Kier alpha value is -3.08. The van der Waals surface area contributed by atoms with Crippen molar-refractivity contribution in [3.8, 4) is 5.69 Å². The number of hydrogen-bond acceptors (Lipinski definition) is 6. The molecule has 0 spiro atoms. The van der Waals surface area contributed by atoms with Gasteiger partial charge in [-0.2, -0.15) is 17.9 Å². The summed E-state index contributed by atoms with van der Waals surface area (Å²) in [6, 6.07) is 13.3. The number of amides is 1. The molecular formula is C23H25F3N6OS. The molecule has 2 aromatic carbocycles. The lowest BCUT2D eigenvalue weighted by molar-refractivity contribution is -0.137. The number of benzene rings is 2. The molecule has 0 unspecified atom stereocenters. The summed E-state index contributed by atoms with van der Waals surface area (Å²) in [7, 11) is 0. The van der Waals surface area contributed by atoms with Crippen LogP contribution in [0.1, 0.15) is 30.9 Å². The highest BCUT2D eigenvalue weighted by atomic mass is 32.2. The van der Waals surface area contributed by atoms with Crippen LogP contribution in [0, 0.1) is 0 Å². The number of halogens is 3. The lowest BCUT2D eigenvalue weighted by Crippen LogP contribution is -2.49. The highest BCUT2D eigenvalue weighted by Crippen LogP contribution is 2.32. The van der Waals surface area contributed by atoms with Crippen molar-refractivity contribution in [3.63, 3.8) is 0 Å². The number of anilines is 1. The fourth-order valence-electron chi connectivity index (χ4n) is 3.74. The molecular weight excluding hydrogens is 465 g/mol. The summed E-state index contributed by atoms with van der Waals surface area (Å²) in [6.45, 7) is 6.07. The van der Waals surface area contributed by atoms with E-state index in [2.05, 4.69) is 29.4 Å². The summed E-state index contributed by atoms with van der Waals surface area (Å²) in [4.78, 5) is 16.3. The van der Waals surface area contributed by atoms with Crippen LogP contribution in [-0.4, -0.2) is 62.9 Å². The average Bonchev–Trinajstić information content (AvgIpc) is 3.31. The average molecular weight is 491 g/mol. The molecule has 1 amide bonds. The third-order valence-electron chi connectivity index (χ3n) is 5.74. The van der Waals surface area contributed by atoms with E-state index in [1.54, 1.807) is 15.6 Å². The lowest BCUT2D eigenvalue weighted by atomic mass is 10.0. The third-order valence-corrected chi connectivity index (χ3v) is 6.65. The zero-order valence-electron chi connectivity index (χ0n) is 18.9. The predicted octanol–water partition coefficient (Wildman–Crippen LogP) is 4.25. The number of hydrogen-bond donors (Lipinski definition) is 0. The van der Waals surface area contributed by atoms with Crippen molar-refractivity contribution in [1.82, 2.24) is 25.1 Å². The fourth-order valence-corrected chi connectivity index (χ4v) is 4.54. The van der Waals surface area contributed by atoms with Gasteiger partial charge in [-0.3, -0.25) is 4.79 Å². The molecule has 0 radical (unpaired) electrons. The Morgan fingerprint density at radius 3 is 2.38 bits per heavy atom. The Labute approximate surface area is 199 Å². The molecule has 34 heavy (non-hydrogen) atoms. The van der Waals surface area contributed by atoms with Crippen molar-refractivity contribution in [2.24, 2.45) is 0 Å². The van der Waals surface area contributed by atoms with Crippen molar-refractivity contribution < 1.29 is 18.0 Å². The maximum atomic E-state index is 13.0. The fraction of sp³-hybridized carbons (Fsp3) is 0.391. The summed E-state index contributed by atoms with van der Waals surface area (Å²) >= 11 is 1.26. The lowest BCUT2D eigenvalue weighted by Gasteiger charge is -2.36. The summed E-state index contributed by atoms with van der Waals surface area (Å²) in [6.07, 6.45) is -4.38. The molecule has 0 saturated carbocycles. The van der Waals surface area contributed by atoms with Crippen LogP contribution < -0.4 is 4.90 Å². The van der Waals surface area contributed by atoms with Crippen LogP contribution in [0.15, 0.2) is 53.7 Å². The summed E-state index contributed by atoms with van der Waals surface area (Å²) in [5.41, 5.74) is 1.87. The number of alkyl halides is 3. The van der Waals surface area contributed by atoms with Gasteiger partial charge >= 0.3 is 6.18 Å². The first-order valence-electron chi connectivity index (χ1n) is 10.9. The molecule has 3 aromatic rings. The van der Waals surface area contributed by atoms with Crippen LogP contribution in [0.4, 0.5) is 18.9 Å². The smallest absolute Gasteiger partial charge is 0.368 e. The van der Waals surface area contributed by atoms with Crippen molar-refractivity contribution in [2.75, 3.05) is 36.8 Å². The highest BCUT2D eigenvalue weighted by molar-refractivity contribution is 7.99. The standard InChI is InChI=1S/C23H25F3N6OS/c1-16(2)17-6-8-19(9-7-17)32-22(27-28-29-32)34-15-21(33)31-12-10-30(11-13-31)20-5-3-4-18(14-20)23(24,25)26/h3-9,14,16H,10-13,15H2,1-2H3. The van der Waals surface area contributed by atoms with Gasteiger partial charge in [0.05, 0.1) is 17.0 Å². The Balaban J connectivity index is 1.32. The second kappa shape index (κ2) is 10.0. The van der Waals surface area contributed by atoms with Gasteiger partial charge in [-0.15, -0.1) is 5.10 Å². The Morgan fingerprint density at radius 2 is 1.74 bits per heavy atom. The number of thioether (sulfide) groups is 1. The number of tetrazole rings is 1. The zero-order valence-corrected chi connectivity index (χ0v) is 19.7. The zero-order chi connectivity index (χ0) is 24.3. The predicted molar refractivity (Wildman–Crippen MR) is 124 cm³/mol. The highest BCUT2D eigenvalue weighted by Gasteiger charge is 2.31. The number of nitrogens with zero attached hydrogens (tertiary/aromatic N) is 6. The first kappa shape index (κ1) is 24.1. The van der Waals surface area contributed by atoms with Crippen LogP contribution in [0.2, 0.25) is 0 Å². The summed E-state index contributed by atoms with van der Waals surface area (Å²) < 4.78 is 40.6. The summed E-state index contributed by atoms with van der Waals surface area (Å²) in [5.74, 6) is 0.537. The van der Waals surface area contributed by atoms with Crippen LogP contribution in [0.3, 0.4) is 0 Å². The van der Waals surface area contributed by atoms with E-state index >= 15 is 0 Å². The number of piperazine rings is 1. The SMILES string of the molecule is CC(C)c1ccc(-n2nnnc2SCC(=O)N2CCN(c3cccc(C(F)(F)F)c3)CC2)cc1. The van der Waals surface area contributed by atoms with Crippen molar-refractivity contribution in [3.05, 3.63) is 59.7 Å². The topological polar surface area (TPSA) is 67.2 Å². The number of rotatable bonds is 6. The molecule has 1 aliphatic heterocycles. The van der Waals surface area contributed by atoms with Crippen LogP contribution >= 0.6 is 11.8 Å². The van der Waals surface area contributed by atoms with Gasteiger partial charge in [0, 0.05) is 31.9 Å². The second-order valence-electron chi connectivity index (χ2n) is 8.32. The maximum Gasteiger partial charge on any atom is 0.416 e. The minimum absolute atomic E-state index is 0.0570. The van der Waals surface area contributed by atoms with Crippen LogP contribution in [0.5, 0.6) is 0 Å². The Bertz CT molecular complexity index is 1120. The van der Waals surface area contributed by atoms with E-state index in [4.69, 9.17) is 0 Å². The van der Waals surface area contributed by atoms with Gasteiger partial charge in [0.15, 0.2) is 0 Å². The van der Waals surface area contributed by atoms with Gasteiger partial charge in [0.1, 0.15) is 0 Å². The molecule has 1 aromatic heterocycles. The largest absolute Gasteiger partial charge is 0.416 e. The van der Waals surface area contributed by atoms with Gasteiger partial charge < -0.3 is 9.80 Å². The number of carbonyl (C=O) groups excluding carboxylic acids is 1. The molecule has 1 saturated heterocycles. The molecule has 2 heterocycles. The van der Waals surface area contributed by atoms with E-state index in [0.717, 1.165) is 17.8 Å². The van der Waals surface area contributed by atoms with Gasteiger partial charge in [0.25, 0.3) is 0 Å². The second-order valence-corrected chi connectivity index (χ2v) is 9.27. The van der Waals surface area contributed by atoms with E-state index < -0.39 is 11.7 Å². The van der Waals surface area contributed by atoms with Gasteiger partial charge in [-0.25, -0.2) is 0 Å². The molecule has 0 N–H and O–H groups in total. The van der Waals surface area contributed by atoms with E-state index in [1.807, 2.05) is 29.2 Å². The van der Waals surface area contributed by atoms with Crippen LogP contribution in [-0.2, 0) is 11.0 Å². The molecule has 7 nitrogen and oxygen atoms in total.